The average molecular weight is 328 g/mol. The van der Waals surface area contributed by atoms with Gasteiger partial charge in [-0.15, -0.1) is 5.06 Å². The minimum absolute atomic E-state index is 0.160. The Kier molecular flexibility index (Phi) is 5.45. The van der Waals surface area contributed by atoms with Crippen molar-refractivity contribution in [2.75, 3.05) is 13.1 Å². The van der Waals surface area contributed by atoms with Crippen molar-refractivity contribution < 1.29 is 14.0 Å². The molecular formula is C17H23ClFNO2. The number of piperidine rings is 1. The van der Waals surface area contributed by atoms with Crippen molar-refractivity contribution in [3.8, 4) is 0 Å². The van der Waals surface area contributed by atoms with Crippen molar-refractivity contribution >= 4 is 17.6 Å². The molecule has 0 spiro atoms. The van der Waals surface area contributed by atoms with Crippen LogP contribution in [-0.2, 0) is 16.1 Å². The van der Waals surface area contributed by atoms with Gasteiger partial charge < -0.3 is 4.84 Å². The monoisotopic (exact) mass is 327 g/mol. The minimum Gasteiger partial charge on any atom is -0.367 e. The highest BCUT2D eigenvalue weighted by molar-refractivity contribution is 6.30. The molecule has 1 fully saturated rings. The minimum atomic E-state index is -0.488. The molecule has 0 N–H and O–H groups in total. The van der Waals surface area contributed by atoms with E-state index in [4.69, 9.17) is 16.4 Å². The number of rotatable bonds is 3. The maximum Gasteiger partial charge on any atom is 0.330 e. The molecule has 1 aliphatic rings. The zero-order chi connectivity index (χ0) is 16.3. The zero-order valence-electron chi connectivity index (χ0n) is 13.4. The van der Waals surface area contributed by atoms with Crippen LogP contribution >= 0.6 is 11.6 Å². The van der Waals surface area contributed by atoms with Crippen LogP contribution in [0.5, 0.6) is 0 Å². The smallest absolute Gasteiger partial charge is 0.330 e. The maximum absolute atomic E-state index is 13.5. The van der Waals surface area contributed by atoms with E-state index in [0.29, 0.717) is 5.92 Å². The highest BCUT2D eigenvalue weighted by atomic mass is 35.5. The van der Waals surface area contributed by atoms with E-state index >= 15 is 0 Å². The molecule has 0 atom stereocenters. The molecule has 122 valence electrons. The Bertz CT molecular complexity index is 534. The number of carbonyl (C=O) groups is 1. The molecule has 1 aromatic carbocycles. The Morgan fingerprint density at radius 3 is 2.55 bits per heavy atom. The number of carbonyl (C=O) groups excluding carboxylic acids is 1. The summed E-state index contributed by atoms with van der Waals surface area (Å²) in [5.41, 5.74) is 0.476. The molecule has 22 heavy (non-hydrogen) atoms. The Labute approximate surface area is 136 Å². The molecule has 0 aromatic heterocycles. The summed E-state index contributed by atoms with van der Waals surface area (Å²) >= 11 is 5.70. The van der Waals surface area contributed by atoms with Crippen LogP contribution in [0.2, 0.25) is 5.02 Å². The second-order valence-electron chi connectivity index (χ2n) is 6.95. The normalized spacial score (nSPS) is 17.5. The van der Waals surface area contributed by atoms with Crippen molar-refractivity contribution in [2.24, 2.45) is 11.3 Å². The summed E-state index contributed by atoms with van der Waals surface area (Å²) < 4.78 is 13.5. The average Bonchev–Trinajstić information content (AvgIpc) is 2.44. The van der Waals surface area contributed by atoms with E-state index in [9.17, 15) is 9.18 Å². The first-order valence-electron chi connectivity index (χ1n) is 7.67. The third kappa shape index (κ3) is 4.68. The van der Waals surface area contributed by atoms with Gasteiger partial charge in [0.05, 0.1) is 10.4 Å². The molecular weight excluding hydrogens is 305 g/mol. The van der Waals surface area contributed by atoms with Crippen molar-refractivity contribution in [1.29, 1.82) is 0 Å². The lowest BCUT2D eigenvalue weighted by molar-refractivity contribution is -0.206. The van der Waals surface area contributed by atoms with E-state index in [-0.39, 0.29) is 16.8 Å². The third-order valence-electron chi connectivity index (χ3n) is 3.91. The summed E-state index contributed by atoms with van der Waals surface area (Å²) in [6.07, 6.45) is 2.69. The first-order valence-corrected chi connectivity index (χ1v) is 8.05. The number of hydroxylamine groups is 2. The first kappa shape index (κ1) is 17.2. The van der Waals surface area contributed by atoms with Gasteiger partial charge in [0.2, 0.25) is 0 Å². The van der Waals surface area contributed by atoms with Gasteiger partial charge in [-0.2, -0.15) is 0 Å². The van der Waals surface area contributed by atoms with E-state index in [1.807, 2.05) is 26.8 Å². The number of hydrogen-bond acceptors (Lipinski definition) is 3. The van der Waals surface area contributed by atoms with Gasteiger partial charge in [-0.1, -0.05) is 17.7 Å². The highest BCUT2D eigenvalue weighted by Crippen LogP contribution is 2.25. The van der Waals surface area contributed by atoms with E-state index in [0.717, 1.165) is 37.9 Å². The molecule has 0 aliphatic carbocycles. The second-order valence-corrected chi connectivity index (χ2v) is 7.36. The molecule has 1 saturated heterocycles. The fraction of sp³-hybridized carbons (Fsp3) is 0.588. The molecule has 5 heteroatoms. The lowest BCUT2D eigenvalue weighted by atomic mass is 9.91. The zero-order valence-corrected chi connectivity index (χ0v) is 14.1. The van der Waals surface area contributed by atoms with Crippen LogP contribution in [0.3, 0.4) is 0 Å². The molecule has 1 heterocycles. The van der Waals surface area contributed by atoms with Crippen molar-refractivity contribution in [2.45, 2.75) is 40.0 Å². The summed E-state index contributed by atoms with van der Waals surface area (Å²) in [4.78, 5) is 17.3. The van der Waals surface area contributed by atoms with Gasteiger partial charge >= 0.3 is 5.97 Å². The van der Waals surface area contributed by atoms with Crippen molar-refractivity contribution in [3.63, 3.8) is 0 Å². The Morgan fingerprint density at radius 1 is 1.36 bits per heavy atom. The number of halogens is 2. The lowest BCUT2D eigenvalue weighted by Gasteiger charge is -2.32. The van der Waals surface area contributed by atoms with Gasteiger partial charge in [0, 0.05) is 13.1 Å². The van der Waals surface area contributed by atoms with Gasteiger partial charge in [0.25, 0.3) is 0 Å². The molecule has 0 amide bonds. The number of hydrogen-bond donors (Lipinski definition) is 0. The Balaban J connectivity index is 1.82. The van der Waals surface area contributed by atoms with Crippen molar-refractivity contribution in [1.82, 2.24) is 5.06 Å². The van der Waals surface area contributed by atoms with E-state index < -0.39 is 5.41 Å². The fourth-order valence-corrected chi connectivity index (χ4v) is 2.58. The predicted molar refractivity (Wildman–Crippen MR) is 85.0 cm³/mol. The Morgan fingerprint density at radius 2 is 2.00 bits per heavy atom. The van der Waals surface area contributed by atoms with Gasteiger partial charge in [0.1, 0.15) is 5.82 Å². The summed E-state index contributed by atoms with van der Waals surface area (Å²) in [5, 5.41) is 1.90. The molecule has 0 radical (unpaired) electrons. The lowest BCUT2D eigenvalue weighted by Crippen LogP contribution is -2.39. The van der Waals surface area contributed by atoms with Crippen LogP contribution in [0.15, 0.2) is 18.2 Å². The first-order chi connectivity index (χ1) is 10.3. The fourth-order valence-electron chi connectivity index (χ4n) is 2.46. The van der Waals surface area contributed by atoms with Gasteiger partial charge in [0.15, 0.2) is 0 Å². The summed E-state index contributed by atoms with van der Waals surface area (Å²) in [6.45, 7) is 6.98. The van der Waals surface area contributed by atoms with E-state index in [1.54, 1.807) is 11.1 Å². The second kappa shape index (κ2) is 6.97. The number of nitrogens with zero attached hydrogens (tertiary/aromatic N) is 1. The van der Waals surface area contributed by atoms with Gasteiger partial charge in [-0.05, 0) is 63.6 Å². The van der Waals surface area contributed by atoms with Crippen LogP contribution in [0, 0.1) is 17.2 Å². The molecule has 0 bridgehead atoms. The predicted octanol–water partition coefficient (Wildman–Crippen LogP) is 4.24. The summed E-state index contributed by atoms with van der Waals surface area (Å²) in [7, 11) is 0. The molecule has 0 unspecified atom stereocenters. The SMILES string of the molecule is CC(C)(C)C(=O)ON1CCC(Cc2ccc(Cl)c(F)c2)CC1. The summed E-state index contributed by atoms with van der Waals surface area (Å²) in [5.74, 6) is -0.0911. The molecule has 0 saturated carbocycles. The van der Waals surface area contributed by atoms with Crippen LogP contribution in [0.1, 0.15) is 39.2 Å². The van der Waals surface area contributed by atoms with Crippen LogP contribution in [0.25, 0.3) is 0 Å². The van der Waals surface area contributed by atoms with Crippen LogP contribution < -0.4 is 0 Å². The van der Waals surface area contributed by atoms with Crippen LogP contribution in [0.4, 0.5) is 4.39 Å². The molecule has 1 aromatic rings. The third-order valence-corrected chi connectivity index (χ3v) is 4.21. The summed E-state index contributed by atoms with van der Waals surface area (Å²) in [6, 6.07) is 4.98. The molecule has 2 rings (SSSR count). The number of benzene rings is 1. The largest absolute Gasteiger partial charge is 0.367 e. The molecule has 1 aliphatic heterocycles. The topological polar surface area (TPSA) is 29.5 Å². The van der Waals surface area contributed by atoms with E-state index in [1.165, 1.54) is 6.07 Å². The van der Waals surface area contributed by atoms with Crippen molar-refractivity contribution in [3.05, 3.63) is 34.6 Å². The molecule has 3 nitrogen and oxygen atoms in total. The quantitative estimate of drug-likeness (QED) is 0.831. The van der Waals surface area contributed by atoms with Crippen LogP contribution in [-0.4, -0.2) is 24.1 Å². The van der Waals surface area contributed by atoms with Gasteiger partial charge in [-0.3, -0.25) is 0 Å². The van der Waals surface area contributed by atoms with Gasteiger partial charge in [-0.25, -0.2) is 9.18 Å². The Hall–Kier alpha value is -1.13. The maximum atomic E-state index is 13.5. The van der Waals surface area contributed by atoms with E-state index in [2.05, 4.69) is 0 Å². The standard InChI is InChI=1S/C17H23ClFNO2/c1-17(2,3)16(21)22-20-8-6-12(7-9-20)10-13-4-5-14(18)15(19)11-13/h4-5,11-12H,6-10H2,1-3H3. The highest BCUT2D eigenvalue weighted by Gasteiger charge is 2.28.